The molecule has 21 heavy (non-hydrogen) atoms. The lowest BCUT2D eigenvalue weighted by Gasteiger charge is -2.40. The fourth-order valence-corrected chi connectivity index (χ4v) is 3.03. The fraction of sp³-hybridized carbons (Fsp3) is 0.412. The van der Waals surface area contributed by atoms with Crippen LogP contribution in [-0.4, -0.2) is 22.0 Å². The second-order valence-corrected chi connectivity index (χ2v) is 5.76. The summed E-state index contributed by atoms with van der Waals surface area (Å²) < 4.78 is 1.99. The summed E-state index contributed by atoms with van der Waals surface area (Å²) >= 11 is 0. The van der Waals surface area contributed by atoms with Crippen LogP contribution >= 0.6 is 0 Å². The van der Waals surface area contributed by atoms with Crippen LogP contribution in [0.4, 0.5) is 0 Å². The van der Waals surface area contributed by atoms with Crippen molar-refractivity contribution in [2.24, 2.45) is 7.05 Å². The van der Waals surface area contributed by atoms with Crippen LogP contribution in [0.5, 0.6) is 0 Å². The topological polar surface area (TPSA) is 46.9 Å². The van der Waals surface area contributed by atoms with E-state index in [0.717, 1.165) is 37.1 Å². The lowest BCUT2D eigenvalue weighted by molar-refractivity contribution is -0.129. The number of nitrogens with one attached hydrogen (secondary N) is 1. The maximum absolute atomic E-state index is 12.6. The number of hydrogen-bond acceptors (Lipinski definition) is 2. The Bertz CT molecular complexity index is 614. The van der Waals surface area contributed by atoms with Crippen LogP contribution in [0.25, 0.3) is 0 Å². The number of nitrogens with zero attached hydrogens (tertiary/aromatic N) is 2. The van der Waals surface area contributed by atoms with Gasteiger partial charge in [-0.25, -0.2) is 4.98 Å². The van der Waals surface area contributed by atoms with Crippen LogP contribution in [0.15, 0.2) is 42.7 Å². The number of carbonyl (C=O) groups excluding carboxylic acids is 1. The highest BCUT2D eigenvalue weighted by atomic mass is 16.2. The van der Waals surface area contributed by atoms with Gasteiger partial charge in [0, 0.05) is 32.4 Å². The first kappa shape index (κ1) is 13.9. The van der Waals surface area contributed by atoms with Crippen LogP contribution in [-0.2, 0) is 23.7 Å². The van der Waals surface area contributed by atoms with Crippen molar-refractivity contribution < 1.29 is 4.79 Å². The smallest absolute Gasteiger partial charge is 0.230 e. The largest absolute Gasteiger partial charge is 0.355 e. The summed E-state index contributed by atoms with van der Waals surface area (Å²) in [7, 11) is 1.97. The number of aryl methyl sites for hydroxylation is 1. The number of imidazole rings is 1. The van der Waals surface area contributed by atoms with E-state index in [1.54, 1.807) is 6.20 Å². The molecule has 1 saturated carbocycles. The second kappa shape index (κ2) is 5.72. The molecule has 1 heterocycles. The monoisotopic (exact) mass is 283 g/mol. The fourth-order valence-electron chi connectivity index (χ4n) is 3.03. The zero-order chi connectivity index (χ0) is 14.7. The van der Waals surface area contributed by atoms with Crippen LogP contribution < -0.4 is 5.32 Å². The third-order valence-electron chi connectivity index (χ3n) is 4.52. The molecule has 0 atom stereocenters. The Morgan fingerprint density at radius 1 is 1.33 bits per heavy atom. The van der Waals surface area contributed by atoms with Crippen molar-refractivity contribution in [2.75, 3.05) is 6.54 Å². The van der Waals surface area contributed by atoms with Gasteiger partial charge in [-0.2, -0.15) is 0 Å². The van der Waals surface area contributed by atoms with Gasteiger partial charge in [-0.05, 0) is 18.4 Å². The van der Waals surface area contributed by atoms with E-state index >= 15 is 0 Å². The van der Waals surface area contributed by atoms with Crippen molar-refractivity contribution in [3.63, 3.8) is 0 Å². The van der Waals surface area contributed by atoms with Crippen molar-refractivity contribution in [1.29, 1.82) is 0 Å². The molecule has 1 aliphatic carbocycles. The Balaban J connectivity index is 1.63. The molecular weight excluding hydrogens is 262 g/mol. The third kappa shape index (κ3) is 2.58. The number of amides is 1. The predicted molar refractivity (Wildman–Crippen MR) is 81.9 cm³/mol. The molecule has 0 radical (unpaired) electrons. The van der Waals surface area contributed by atoms with Gasteiger partial charge in [0.2, 0.25) is 5.91 Å². The average molecular weight is 283 g/mol. The Morgan fingerprint density at radius 2 is 2.10 bits per heavy atom. The zero-order valence-electron chi connectivity index (χ0n) is 12.4. The predicted octanol–water partition coefficient (Wildman–Crippen LogP) is 2.20. The van der Waals surface area contributed by atoms with E-state index in [1.807, 2.05) is 36.0 Å². The summed E-state index contributed by atoms with van der Waals surface area (Å²) in [6.45, 7) is 0.637. The van der Waals surface area contributed by atoms with Gasteiger partial charge in [0.05, 0.1) is 5.41 Å². The molecule has 0 saturated heterocycles. The van der Waals surface area contributed by atoms with Crippen molar-refractivity contribution in [1.82, 2.24) is 14.9 Å². The standard InChI is InChI=1S/C17H21N3O/c1-20-13-12-18-15(20)8-11-19-16(21)17(9-5-10-17)14-6-3-2-4-7-14/h2-4,6-7,12-13H,5,8-11H2,1H3,(H,19,21). The minimum Gasteiger partial charge on any atom is -0.355 e. The van der Waals surface area contributed by atoms with E-state index < -0.39 is 0 Å². The van der Waals surface area contributed by atoms with Crippen LogP contribution in [0.3, 0.4) is 0 Å². The number of rotatable bonds is 5. The summed E-state index contributed by atoms with van der Waals surface area (Å²) in [5.41, 5.74) is 0.842. The molecule has 0 aliphatic heterocycles. The van der Waals surface area contributed by atoms with E-state index in [-0.39, 0.29) is 11.3 Å². The molecule has 0 bridgehead atoms. The highest BCUT2D eigenvalue weighted by Crippen LogP contribution is 2.43. The summed E-state index contributed by atoms with van der Waals surface area (Å²) in [6.07, 6.45) is 7.50. The number of benzene rings is 1. The SMILES string of the molecule is Cn1ccnc1CCNC(=O)C1(c2ccccc2)CCC1. The van der Waals surface area contributed by atoms with Crippen LogP contribution in [0.1, 0.15) is 30.7 Å². The van der Waals surface area contributed by atoms with E-state index in [4.69, 9.17) is 0 Å². The van der Waals surface area contributed by atoms with Gasteiger partial charge in [-0.15, -0.1) is 0 Å². The van der Waals surface area contributed by atoms with Gasteiger partial charge >= 0.3 is 0 Å². The molecule has 1 amide bonds. The van der Waals surface area contributed by atoms with E-state index in [2.05, 4.69) is 22.4 Å². The lowest BCUT2D eigenvalue weighted by atomic mass is 9.64. The van der Waals surface area contributed by atoms with Crippen LogP contribution in [0, 0.1) is 0 Å². The van der Waals surface area contributed by atoms with Gasteiger partial charge in [-0.1, -0.05) is 36.8 Å². The third-order valence-corrected chi connectivity index (χ3v) is 4.52. The van der Waals surface area contributed by atoms with Gasteiger partial charge in [0.15, 0.2) is 0 Å². The molecule has 1 aromatic heterocycles. The summed E-state index contributed by atoms with van der Waals surface area (Å²) in [5, 5.41) is 3.10. The molecule has 3 rings (SSSR count). The quantitative estimate of drug-likeness (QED) is 0.914. The Hall–Kier alpha value is -2.10. The Labute approximate surface area is 125 Å². The van der Waals surface area contributed by atoms with Crippen LogP contribution in [0.2, 0.25) is 0 Å². The van der Waals surface area contributed by atoms with Gasteiger partial charge in [-0.3, -0.25) is 4.79 Å². The van der Waals surface area contributed by atoms with Gasteiger partial charge < -0.3 is 9.88 Å². The molecule has 1 aliphatic rings. The second-order valence-electron chi connectivity index (χ2n) is 5.76. The Morgan fingerprint density at radius 3 is 2.67 bits per heavy atom. The molecule has 4 nitrogen and oxygen atoms in total. The van der Waals surface area contributed by atoms with E-state index in [9.17, 15) is 4.79 Å². The number of carbonyl (C=O) groups is 1. The molecular formula is C17H21N3O. The van der Waals surface area contributed by atoms with Crippen molar-refractivity contribution in [3.05, 3.63) is 54.1 Å². The van der Waals surface area contributed by atoms with Crippen molar-refractivity contribution in [2.45, 2.75) is 31.1 Å². The van der Waals surface area contributed by atoms with E-state index in [1.165, 1.54) is 0 Å². The normalized spacial score (nSPS) is 16.2. The first-order valence-corrected chi connectivity index (χ1v) is 7.52. The molecule has 0 spiro atoms. The average Bonchev–Trinajstić information content (AvgIpc) is 2.84. The minimum absolute atomic E-state index is 0.161. The minimum atomic E-state index is -0.303. The van der Waals surface area contributed by atoms with Gasteiger partial charge in [0.25, 0.3) is 0 Å². The number of aromatic nitrogens is 2. The molecule has 4 heteroatoms. The lowest BCUT2D eigenvalue weighted by Crippen LogP contribution is -2.49. The van der Waals surface area contributed by atoms with Crippen molar-refractivity contribution in [3.8, 4) is 0 Å². The highest BCUT2D eigenvalue weighted by Gasteiger charge is 2.45. The molecule has 1 N–H and O–H groups in total. The molecule has 110 valence electrons. The summed E-state index contributed by atoms with van der Waals surface area (Å²) in [6, 6.07) is 10.1. The van der Waals surface area contributed by atoms with Crippen molar-refractivity contribution >= 4 is 5.91 Å². The maximum Gasteiger partial charge on any atom is 0.230 e. The molecule has 2 aromatic rings. The highest BCUT2D eigenvalue weighted by molar-refractivity contribution is 5.89. The first-order chi connectivity index (χ1) is 10.2. The molecule has 1 aromatic carbocycles. The zero-order valence-corrected chi connectivity index (χ0v) is 12.4. The summed E-state index contributed by atoms with van der Waals surface area (Å²) in [5.74, 6) is 1.16. The van der Waals surface area contributed by atoms with Gasteiger partial charge in [0.1, 0.15) is 5.82 Å². The first-order valence-electron chi connectivity index (χ1n) is 7.52. The summed E-state index contributed by atoms with van der Waals surface area (Å²) in [4.78, 5) is 16.9. The maximum atomic E-state index is 12.6. The Kier molecular flexibility index (Phi) is 3.78. The molecule has 1 fully saturated rings. The van der Waals surface area contributed by atoms with E-state index in [0.29, 0.717) is 6.54 Å². The number of hydrogen-bond donors (Lipinski definition) is 1. The molecule has 0 unspecified atom stereocenters.